The highest BCUT2D eigenvalue weighted by Crippen LogP contribution is 2.21. The number of halogens is 1. The first-order chi connectivity index (χ1) is 12.6. The number of carbonyl (C=O) groups excluding carboxylic acids is 2. The molecule has 1 N–H and O–H groups in total. The van der Waals surface area contributed by atoms with Crippen molar-refractivity contribution in [2.75, 3.05) is 29.5 Å². The molecule has 0 radical (unpaired) electrons. The Morgan fingerprint density at radius 3 is 2.44 bits per heavy atom. The molecular formula is C18H19FN2O5S. The summed E-state index contributed by atoms with van der Waals surface area (Å²) < 4.78 is 43.0. The second-order valence-electron chi connectivity index (χ2n) is 5.77. The van der Waals surface area contributed by atoms with E-state index in [4.69, 9.17) is 0 Å². The molecule has 9 heteroatoms. The molecule has 2 aromatic rings. The highest BCUT2D eigenvalue weighted by Gasteiger charge is 2.22. The maximum Gasteiger partial charge on any atom is 0.338 e. The van der Waals surface area contributed by atoms with Crippen LogP contribution in [0, 0.1) is 12.7 Å². The summed E-state index contributed by atoms with van der Waals surface area (Å²) in [5, 5.41) is 2.57. The van der Waals surface area contributed by atoms with Crippen molar-refractivity contribution in [3.05, 3.63) is 59.4 Å². The molecule has 0 saturated heterocycles. The van der Waals surface area contributed by atoms with E-state index in [-0.39, 0.29) is 11.3 Å². The number of amides is 1. The van der Waals surface area contributed by atoms with E-state index in [9.17, 15) is 22.4 Å². The highest BCUT2D eigenvalue weighted by atomic mass is 32.2. The predicted octanol–water partition coefficient (Wildman–Crippen LogP) is 2.33. The predicted molar refractivity (Wildman–Crippen MR) is 99.7 cm³/mol. The fourth-order valence-electron chi connectivity index (χ4n) is 2.45. The number of sulfonamides is 1. The summed E-state index contributed by atoms with van der Waals surface area (Å²) in [4.78, 5) is 24.1. The molecule has 0 atom stereocenters. The second kappa shape index (κ2) is 8.17. The molecule has 7 nitrogen and oxygen atoms in total. The van der Waals surface area contributed by atoms with E-state index in [0.717, 1.165) is 16.6 Å². The van der Waals surface area contributed by atoms with E-state index < -0.39 is 34.3 Å². The van der Waals surface area contributed by atoms with Gasteiger partial charge in [0.1, 0.15) is 12.4 Å². The second-order valence-corrected chi connectivity index (χ2v) is 7.67. The summed E-state index contributed by atoms with van der Waals surface area (Å²) in [6.45, 7) is 1.08. The number of ether oxygens (including phenoxy) is 1. The van der Waals surface area contributed by atoms with Gasteiger partial charge < -0.3 is 10.1 Å². The monoisotopic (exact) mass is 394 g/mol. The lowest BCUT2D eigenvalue weighted by atomic mass is 10.1. The molecule has 2 aromatic carbocycles. The Bertz CT molecular complexity index is 975. The largest absolute Gasteiger partial charge is 0.465 e. The van der Waals surface area contributed by atoms with Crippen molar-refractivity contribution in [3.63, 3.8) is 0 Å². The van der Waals surface area contributed by atoms with E-state index in [0.29, 0.717) is 11.3 Å². The van der Waals surface area contributed by atoms with Crippen LogP contribution in [0.1, 0.15) is 15.9 Å². The number of esters is 1. The zero-order valence-electron chi connectivity index (χ0n) is 15.0. The molecule has 144 valence electrons. The van der Waals surface area contributed by atoms with Crippen molar-refractivity contribution in [3.8, 4) is 0 Å². The standard InChI is InChI=1S/C18H19FN2O5S/c1-12-15(18(23)26-2)8-5-9-16(12)20-17(22)11-21(27(3,24)25)14-7-4-6-13(19)10-14/h4-10H,11H2,1-3H3,(H,20,22). The van der Waals surface area contributed by atoms with E-state index in [1.54, 1.807) is 25.1 Å². The maximum absolute atomic E-state index is 13.4. The van der Waals surface area contributed by atoms with Crippen molar-refractivity contribution >= 4 is 33.3 Å². The van der Waals surface area contributed by atoms with Crippen LogP contribution in [-0.2, 0) is 19.6 Å². The van der Waals surface area contributed by atoms with Crippen LogP contribution in [-0.4, -0.2) is 40.2 Å². The van der Waals surface area contributed by atoms with Gasteiger partial charge in [-0.2, -0.15) is 0 Å². The number of anilines is 2. The van der Waals surface area contributed by atoms with Gasteiger partial charge in [0.15, 0.2) is 0 Å². The Hall–Kier alpha value is -2.94. The van der Waals surface area contributed by atoms with E-state index in [1.165, 1.54) is 25.3 Å². The topological polar surface area (TPSA) is 92.8 Å². The third-order valence-corrected chi connectivity index (χ3v) is 4.94. The third-order valence-electron chi connectivity index (χ3n) is 3.80. The first-order valence-electron chi connectivity index (χ1n) is 7.84. The van der Waals surface area contributed by atoms with Gasteiger partial charge in [-0.25, -0.2) is 17.6 Å². The number of carbonyl (C=O) groups is 2. The van der Waals surface area contributed by atoms with Gasteiger partial charge in [0.2, 0.25) is 15.9 Å². The number of hydrogen-bond acceptors (Lipinski definition) is 5. The van der Waals surface area contributed by atoms with Crippen LogP contribution >= 0.6 is 0 Å². The number of benzene rings is 2. The van der Waals surface area contributed by atoms with E-state index in [1.807, 2.05) is 0 Å². The number of methoxy groups -OCH3 is 1. The summed E-state index contributed by atoms with van der Waals surface area (Å²) in [5.41, 5.74) is 1.14. The summed E-state index contributed by atoms with van der Waals surface area (Å²) in [6, 6.07) is 9.63. The van der Waals surface area contributed by atoms with Crippen molar-refractivity contribution in [1.82, 2.24) is 0 Å². The van der Waals surface area contributed by atoms with Crippen LogP contribution in [0.3, 0.4) is 0 Å². The van der Waals surface area contributed by atoms with Gasteiger partial charge in [0.05, 0.1) is 24.6 Å². The quantitative estimate of drug-likeness (QED) is 0.759. The van der Waals surface area contributed by atoms with Crippen LogP contribution in [0.5, 0.6) is 0 Å². The molecule has 1 amide bonds. The summed E-state index contributed by atoms with van der Waals surface area (Å²) in [5.74, 6) is -1.82. The van der Waals surface area contributed by atoms with Crippen molar-refractivity contribution in [2.45, 2.75) is 6.92 Å². The van der Waals surface area contributed by atoms with Crippen LogP contribution in [0.25, 0.3) is 0 Å². The highest BCUT2D eigenvalue weighted by molar-refractivity contribution is 7.92. The molecule has 0 aliphatic heterocycles. The third kappa shape index (κ3) is 5.04. The average Bonchev–Trinajstić information content (AvgIpc) is 2.60. The molecule has 0 heterocycles. The lowest BCUT2D eigenvalue weighted by Gasteiger charge is -2.22. The van der Waals surface area contributed by atoms with Crippen LogP contribution < -0.4 is 9.62 Å². The summed E-state index contributed by atoms with van der Waals surface area (Å²) in [6.07, 6.45) is 0.925. The molecule has 0 aliphatic rings. The minimum Gasteiger partial charge on any atom is -0.465 e. The van der Waals surface area contributed by atoms with Gasteiger partial charge in [-0.1, -0.05) is 12.1 Å². The Labute approximate surface area is 156 Å². The van der Waals surface area contributed by atoms with Gasteiger partial charge in [-0.15, -0.1) is 0 Å². The van der Waals surface area contributed by atoms with Crippen molar-refractivity contribution in [1.29, 1.82) is 0 Å². The zero-order valence-corrected chi connectivity index (χ0v) is 15.8. The lowest BCUT2D eigenvalue weighted by Crippen LogP contribution is -2.37. The molecule has 0 aromatic heterocycles. The molecule has 0 fully saturated rings. The molecule has 0 saturated carbocycles. The molecule has 0 aliphatic carbocycles. The zero-order chi connectivity index (χ0) is 20.2. The molecule has 0 bridgehead atoms. The maximum atomic E-state index is 13.4. The first-order valence-corrected chi connectivity index (χ1v) is 9.69. The Morgan fingerprint density at radius 1 is 1.19 bits per heavy atom. The molecule has 27 heavy (non-hydrogen) atoms. The van der Waals surface area contributed by atoms with Crippen LogP contribution in [0.15, 0.2) is 42.5 Å². The SMILES string of the molecule is COC(=O)c1cccc(NC(=O)CN(c2cccc(F)c2)S(C)(=O)=O)c1C. The Morgan fingerprint density at radius 2 is 1.85 bits per heavy atom. The van der Waals surface area contributed by atoms with E-state index in [2.05, 4.69) is 10.1 Å². The smallest absolute Gasteiger partial charge is 0.338 e. The Balaban J connectivity index is 2.26. The fraction of sp³-hybridized carbons (Fsp3) is 0.222. The van der Waals surface area contributed by atoms with Crippen LogP contribution in [0.2, 0.25) is 0 Å². The number of hydrogen-bond donors (Lipinski definition) is 1. The number of nitrogens with zero attached hydrogens (tertiary/aromatic N) is 1. The molecule has 2 rings (SSSR count). The molecule has 0 spiro atoms. The summed E-state index contributed by atoms with van der Waals surface area (Å²) >= 11 is 0. The van der Waals surface area contributed by atoms with Gasteiger partial charge in [0, 0.05) is 5.69 Å². The van der Waals surface area contributed by atoms with Crippen molar-refractivity contribution in [2.24, 2.45) is 0 Å². The molecular weight excluding hydrogens is 375 g/mol. The Kier molecular flexibility index (Phi) is 6.17. The lowest BCUT2D eigenvalue weighted by molar-refractivity contribution is -0.114. The minimum absolute atomic E-state index is 0.0349. The molecule has 0 unspecified atom stereocenters. The normalized spacial score (nSPS) is 11.0. The average molecular weight is 394 g/mol. The van der Waals surface area contributed by atoms with Gasteiger partial charge in [-0.05, 0) is 42.8 Å². The van der Waals surface area contributed by atoms with Gasteiger partial charge in [-0.3, -0.25) is 9.10 Å². The van der Waals surface area contributed by atoms with Gasteiger partial charge >= 0.3 is 5.97 Å². The number of nitrogens with one attached hydrogen (secondary N) is 1. The minimum atomic E-state index is -3.83. The van der Waals surface area contributed by atoms with Gasteiger partial charge in [0.25, 0.3) is 0 Å². The van der Waals surface area contributed by atoms with Crippen molar-refractivity contribution < 1.29 is 27.1 Å². The van der Waals surface area contributed by atoms with E-state index >= 15 is 0 Å². The summed E-state index contributed by atoms with van der Waals surface area (Å²) in [7, 11) is -2.58. The first kappa shape index (κ1) is 20.4. The number of rotatable bonds is 6. The van der Waals surface area contributed by atoms with Crippen LogP contribution in [0.4, 0.5) is 15.8 Å². The fourth-order valence-corrected chi connectivity index (χ4v) is 3.30.